The number of hydrogen-bond acceptors (Lipinski definition) is 6. The Labute approximate surface area is 327 Å². The van der Waals surface area contributed by atoms with Gasteiger partial charge >= 0.3 is 0 Å². The first-order chi connectivity index (χ1) is 25.4. The van der Waals surface area contributed by atoms with Gasteiger partial charge in [0.05, 0.1) is 26.4 Å². The molecule has 1 spiro atoms. The molecule has 3 aromatic carbocycles. The summed E-state index contributed by atoms with van der Waals surface area (Å²) in [5, 5.41) is 9.85. The highest BCUT2D eigenvalue weighted by molar-refractivity contribution is 5.64. The molecule has 6 rings (SSSR count). The Kier molecular flexibility index (Phi) is 12.8. The van der Waals surface area contributed by atoms with Gasteiger partial charge in [-0.05, 0) is 153 Å². The molecular weight excluding hydrogens is 673 g/mol. The average molecular weight is 743 g/mol. The maximum absolute atomic E-state index is 9.85. The second kappa shape index (κ2) is 16.5. The Hall–Kier alpha value is -3.22. The van der Waals surface area contributed by atoms with E-state index in [4.69, 9.17) is 23.7 Å². The zero-order chi connectivity index (χ0) is 39.6. The molecule has 1 heterocycles. The van der Waals surface area contributed by atoms with E-state index >= 15 is 0 Å². The van der Waals surface area contributed by atoms with Crippen LogP contribution in [0.3, 0.4) is 0 Å². The fraction of sp³-hybridized carbons (Fsp3) is 0.625. The third-order valence-electron chi connectivity index (χ3n) is 11.9. The molecule has 298 valence electrons. The second-order valence-electron chi connectivity index (χ2n) is 18.3. The molecule has 6 nitrogen and oxygen atoms in total. The van der Waals surface area contributed by atoms with E-state index in [0.29, 0.717) is 57.2 Å². The SMILES string of the molecule is CCCOc1cc2c(cc1OCCC)C1(CC(C)(C)c3cc(COCC)c(COCC)cc31)CC2(C)C.Cc1cc2c(cc1O)C(C(C)C)CC(C)(C)O2. The molecule has 3 aromatic rings. The van der Waals surface area contributed by atoms with Crippen molar-refractivity contribution in [2.45, 2.75) is 163 Å². The van der Waals surface area contributed by atoms with Crippen LogP contribution < -0.4 is 14.2 Å². The van der Waals surface area contributed by atoms with Crippen molar-refractivity contribution >= 4 is 0 Å². The van der Waals surface area contributed by atoms with Crippen molar-refractivity contribution in [3.63, 3.8) is 0 Å². The molecule has 0 bridgehead atoms. The normalized spacial score (nSPS) is 21.2. The number of aromatic hydroxyl groups is 1. The molecule has 2 aliphatic carbocycles. The van der Waals surface area contributed by atoms with Gasteiger partial charge < -0.3 is 28.8 Å². The van der Waals surface area contributed by atoms with Gasteiger partial charge in [0.1, 0.15) is 17.1 Å². The number of rotatable bonds is 13. The van der Waals surface area contributed by atoms with Crippen molar-refractivity contribution < 1.29 is 28.8 Å². The van der Waals surface area contributed by atoms with Gasteiger partial charge in [0.15, 0.2) is 11.5 Å². The Balaban J connectivity index is 0.000000274. The molecule has 3 aliphatic rings. The van der Waals surface area contributed by atoms with Crippen molar-refractivity contribution in [1.29, 1.82) is 0 Å². The van der Waals surface area contributed by atoms with Gasteiger partial charge in [0.25, 0.3) is 0 Å². The molecule has 0 aromatic heterocycles. The topological polar surface area (TPSA) is 66.4 Å². The van der Waals surface area contributed by atoms with Crippen molar-refractivity contribution in [1.82, 2.24) is 0 Å². The molecule has 0 radical (unpaired) electrons. The van der Waals surface area contributed by atoms with E-state index in [9.17, 15) is 5.11 Å². The summed E-state index contributed by atoms with van der Waals surface area (Å²) in [7, 11) is 0. The van der Waals surface area contributed by atoms with Gasteiger partial charge in [-0.2, -0.15) is 0 Å². The quantitative estimate of drug-likeness (QED) is 0.188. The Morgan fingerprint density at radius 2 is 1.19 bits per heavy atom. The monoisotopic (exact) mass is 743 g/mol. The molecule has 0 fully saturated rings. The maximum atomic E-state index is 9.85. The van der Waals surface area contributed by atoms with Crippen LogP contribution >= 0.6 is 0 Å². The summed E-state index contributed by atoms with van der Waals surface area (Å²) in [5.74, 6) is 4.10. The molecule has 0 saturated carbocycles. The number of hydrogen-bond donors (Lipinski definition) is 1. The summed E-state index contributed by atoms with van der Waals surface area (Å²) in [5.41, 5.74) is 10.2. The van der Waals surface area contributed by atoms with Crippen molar-refractivity contribution in [3.05, 3.63) is 80.9 Å². The minimum atomic E-state index is -0.120. The Bertz CT molecular complexity index is 1680. The highest BCUT2D eigenvalue weighted by Gasteiger charge is 2.57. The summed E-state index contributed by atoms with van der Waals surface area (Å²) >= 11 is 0. The molecule has 0 amide bonds. The predicted molar refractivity (Wildman–Crippen MR) is 221 cm³/mol. The van der Waals surface area contributed by atoms with E-state index in [1.165, 1.54) is 33.4 Å². The van der Waals surface area contributed by atoms with Crippen LogP contribution in [0.1, 0.15) is 166 Å². The summed E-state index contributed by atoms with van der Waals surface area (Å²) in [4.78, 5) is 0. The Morgan fingerprint density at radius 1 is 0.704 bits per heavy atom. The van der Waals surface area contributed by atoms with Crippen molar-refractivity contribution in [3.8, 4) is 23.0 Å². The molecule has 54 heavy (non-hydrogen) atoms. The first kappa shape index (κ1) is 41.9. The van der Waals surface area contributed by atoms with E-state index in [2.05, 4.69) is 107 Å². The lowest BCUT2D eigenvalue weighted by Crippen LogP contribution is -2.36. The molecule has 2 atom stereocenters. The zero-order valence-corrected chi connectivity index (χ0v) is 35.9. The molecule has 0 saturated heterocycles. The van der Waals surface area contributed by atoms with Gasteiger partial charge in [-0.15, -0.1) is 0 Å². The molecule has 2 unspecified atom stereocenters. The average Bonchev–Trinajstić information content (AvgIpc) is 3.45. The number of fused-ring (bicyclic) bond motifs is 5. The lowest BCUT2D eigenvalue weighted by molar-refractivity contribution is 0.0637. The number of aryl methyl sites for hydroxylation is 1. The third kappa shape index (κ3) is 8.45. The first-order valence-corrected chi connectivity index (χ1v) is 20.7. The summed E-state index contributed by atoms with van der Waals surface area (Å²) in [6.45, 7) is 32.7. The fourth-order valence-corrected chi connectivity index (χ4v) is 9.43. The highest BCUT2D eigenvalue weighted by Crippen LogP contribution is 2.64. The van der Waals surface area contributed by atoms with Gasteiger partial charge in [-0.1, -0.05) is 67.5 Å². The Morgan fingerprint density at radius 3 is 1.69 bits per heavy atom. The van der Waals surface area contributed by atoms with E-state index in [1.807, 2.05) is 19.1 Å². The van der Waals surface area contributed by atoms with Crippen molar-refractivity contribution in [2.24, 2.45) is 5.92 Å². The first-order valence-electron chi connectivity index (χ1n) is 20.7. The molecule has 1 N–H and O–H groups in total. The van der Waals surface area contributed by atoms with Gasteiger partial charge in [-0.3, -0.25) is 0 Å². The van der Waals surface area contributed by atoms with Crippen LogP contribution in [0.4, 0.5) is 0 Å². The minimum absolute atomic E-state index is 0.0324. The molecular formula is C48H70O6. The highest BCUT2D eigenvalue weighted by atomic mass is 16.5. The minimum Gasteiger partial charge on any atom is -0.508 e. The van der Waals surface area contributed by atoms with E-state index in [-0.39, 0.29) is 21.8 Å². The number of phenolic OH excluding ortho intramolecular Hbond substituents is 1. The van der Waals surface area contributed by atoms with Crippen LogP contribution in [0.2, 0.25) is 0 Å². The lowest BCUT2D eigenvalue weighted by atomic mass is 9.72. The summed E-state index contributed by atoms with van der Waals surface area (Å²) in [6, 6.07) is 13.3. The van der Waals surface area contributed by atoms with E-state index < -0.39 is 0 Å². The van der Waals surface area contributed by atoms with Crippen LogP contribution in [0.25, 0.3) is 0 Å². The van der Waals surface area contributed by atoms with Crippen LogP contribution in [0, 0.1) is 12.8 Å². The predicted octanol–water partition coefficient (Wildman–Crippen LogP) is 12.0. The largest absolute Gasteiger partial charge is 0.508 e. The van der Waals surface area contributed by atoms with Gasteiger partial charge in [0, 0.05) is 24.2 Å². The smallest absolute Gasteiger partial charge is 0.161 e. The number of ether oxygens (including phenoxy) is 5. The zero-order valence-electron chi connectivity index (χ0n) is 35.9. The number of phenols is 1. The van der Waals surface area contributed by atoms with Crippen LogP contribution in [-0.2, 0) is 38.9 Å². The lowest BCUT2D eigenvalue weighted by Gasteiger charge is -2.39. The maximum Gasteiger partial charge on any atom is 0.161 e. The third-order valence-corrected chi connectivity index (χ3v) is 11.9. The fourth-order valence-electron chi connectivity index (χ4n) is 9.43. The van der Waals surface area contributed by atoms with Gasteiger partial charge in [0.2, 0.25) is 0 Å². The standard InChI is InChI=1S/C33H48O4.C15H22O2/c1-9-13-36-29-17-26-28(18-30(29)37-14-10-2)33(22-32(26,7)8)21-31(5,6)25-15-23(19-34-11-3)24(16-27(25)33)20-35-12-4;1-9(2)12-8-15(4,5)17-14-6-10(3)13(16)7-11(12)14/h15-18H,9-14,19-22H2,1-8H3;6-7,9,12,16H,8H2,1-5H3. The van der Waals surface area contributed by atoms with Gasteiger partial charge in [-0.25, -0.2) is 0 Å². The molecule has 1 aliphatic heterocycles. The van der Waals surface area contributed by atoms with E-state index in [1.54, 1.807) is 0 Å². The van der Waals surface area contributed by atoms with Crippen LogP contribution in [0.5, 0.6) is 23.0 Å². The number of benzene rings is 3. The van der Waals surface area contributed by atoms with Crippen LogP contribution in [0.15, 0.2) is 36.4 Å². The van der Waals surface area contributed by atoms with Crippen LogP contribution in [-0.4, -0.2) is 37.1 Å². The van der Waals surface area contributed by atoms with E-state index in [0.717, 1.165) is 60.5 Å². The van der Waals surface area contributed by atoms with Crippen molar-refractivity contribution in [2.75, 3.05) is 26.4 Å². The summed E-state index contributed by atoms with van der Waals surface area (Å²) < 4.78 is 30.4. The summed E-state index contributed by atoms with van der Waals surface area (Å²) in [6.07, 6.45) is 5.11. The molecule has 6 heteroatoms. The second-order valence-corrected chi connectivity index (χ2v) is 18.3.